The molecule has 0 atom stereocenters. The third-order valence-corrected chi connectivity index (χ3v) is 2.93. The standard InChI is InChI=1S/C15H12F2O3/c1-20-11-5-2-9(3-6-11)12-7-4-10(15(18)19)8-13(12)14(16)17/h2-8,14H,1H3,(H,18,19). The highest BCUT2D eigenvalue weighted by Gasteiger charge is 2.17. The van der Waals surface area contributed by atoms with Gasteiger partial charge >= 0.3 is 5.97 Å². The van der Waals surface area contributed by atoms with E-state index in [1.807, 2.05) is 0 Å². The Kier molecular flexibility index (Phi) is 3.98. The van der Waals surface area contributed by atoms with Crippen LogP contribution in [0.25, 0.3) is 11.1 Å². The number of benzene rings is 2. The second-order valence-corrected chi connectivity index (χ2v) is 4.14. The van der Waals surface area contributed by atoms with Crippen molar-refractivity contribution in [1.29, 1.82) is 0 Å². The first-order chi connectivity index (χ1) is 9.52. The van der Waals surface area contributed by atoms with Gasteiger partial charge in [0, 0.05) is 5.56 Å². The average molecular weight is 278 g/mol. The Balaban J connectivity index is 2.51. The Labute approximate surface area is 114 Å². The summed E-state index contributed by atoms with van der Waals surface area (Å²) in [6.45, 7) is 0. The number of carboxylic acid groups (broad SMARTS) is 1. The van der Waals surface area contributed by atoms with Crippen molar-refractivity contribution in [1.82, 2.24) is 0 Å². The maximum absolute atomic E-state index is 13.1. The Morgan fingerprint density at radius 3 is 2.30 bits per heavy atom. The number of rotatable bonds is 4. The number of alkyl halides is 2. The zero-order valence-electron chi connectivity index (χ0n) is 10.6. The fourth-order valence-corrected chi connectivity index (χ4v) is 1.91. The van der Waals surface area contributed by atoms with Crippen LogP contribution in [0, 0.1) is 0 Å². The van der Waals surface area contributed by atoms with Gasteiger partial charge in [-0.05, 0) is 35.4 Å². The molecule has 0 fully saturated rings. The number of aromatic carboxylic acids is 1. The predicted octanol–water partition coefficient (Wildman–Crippen LogP) is 4.00. The van der Waals surface area contributed by atoms with Crippen LogP contribution in [0.3, 0.4) is 0 Å². The van der Waals surface area contributed by atoms with Gasteiger partial charge < -0.3 is 9.84 Å². The highest BCUT2D eigenvalue weighted by Crippen LogP contribution is 2.32. The first-order valence-electron chi connectivity index (χ1n) is 5.82. The molecule has 0 unspecified atom stereocenters. The molecule has 0 saturated carbocycles. The van der Waals surface area contributed by atoms with Crippen LogP contribution in [0.15, 0.2) is 42.5 Å². The van der Waals surface area contributed by atoms with Gasteiger partial charge in [0.15, 0.2) is 0 Å². The monoisotopic (exact) mass is 278 g/mol. The molecule has 0 radical (unpaired) electrons. The van der Waals surface area contributed by atoms with E-state index in [1.165, 1.54) is 19.2 Å². The van der Waals surface area contributed by atoms with E-state index in [0.29, 0.717) is 16.9 Å². The molecule has 0 aliphatic rings. The van der Waals surface area contributed by atoms with Gasteiger partial charge in [0.25, 0.3) is 6.43 Å². The lowest BCUT2D eigenvalue weighted by Crippen LogP contribution is -1.99. The molecule has 104 valence electrons. The Morgan fingerprint density at radius 1 is 1.15 bits per heavy atom. The zero-order valence-corrected chi connectivity index (χ0v) is 10.6. The van der Waals surface area contributed by atoms with Crippen LogP contribution in [0.4, 0.5) is 8.78 Å². The van der Waals surface area contributed by atoms with Gasteiger partial charge in [-0.3, -0.25) is 0 Å². The molecule has 5 heteroatoms. The summed E-state index contributed by atoms with van der Waals surface area (Å²) >= 11 is 0. The number of methoxy groups -OCH3 is 1. The van der Waals surface area contributed by atoms with Crippen LogP contribution in [-0.4, -0.2) is 18.2 Å². The normalized spacial score (nSPS) is 10.6. The molecule has 2 aromatic carbocycles. The molecule has 0 heterocycles. The van der Waals surface area contributed by atoms with Crippen LogP contribution < -0.4 is 4.74 Å². The molecule has 0 aliphatic carbocycles. The summed E-state index contributed by atoms with van der Waals surface area (Å²) in [4.78, 5) is 10.8. The van der Waals surface area contributed by atoms with E-state index in [4.69, 9.17) is 9.84 Å². The van der Waals surface area contributed by atoms with E-state index in [9.17, 15) is 13.6 Å². The molecule has 3 nitrogen and oxygen atoms in total. The highest BCUT2D eigenvalue weighted by atomic mass is 19.3. The summed E-state index contributed by atoms with van der Waals surface area (Å²) in [6, 6.07) is 10.3. The quantitative estimate of drug-likeness (QED) is 0.919. The summed E-state index contributed by atoms with van der Waals surface area (Å²) in [7, 11) is 1.52. The number of hydrogen-bond donors (Lipinski definition) is 1. The molecule has 2 rings (SSSR count). The molecular formula is C15H12F2O3. The van der Waals surface area contributed by atoms with Crippen molar-refractivity contribution < 1.29 is 23.4 Å². The molecule has 0 spiro atoms. The first kappa shape index (κ1) is 14.0. The number of halogens is 2. The summed E-state index contributed by atoms with van der Waals surface area (Å²) in [5, 5.41) is 8.86. The lowest BCUT2D eigenvalue weighted by molar-refractivity contribution is 0.0696. The van der Waals surface area contributed by atoms with Crippen LogP contribution >= 0.6 is 0 Å². The fourth-order valence-electron chi connectivity index (χ4n) is 1.91. The average Bonchev–Trinajstić information content (AvgIpc) is 2.46. The Hall–Kier alpha value is -2.43. The van der Waals surface area contributed by atoms with E-state index in [2.05, 4.69) is 0 Å². The van der Waals surface area contributed by atoms with Crippen molar-refractivity contribution in [3.05, 3.63) is 53.6 Å². The van der Waals surface area contributed by atoms with Gasteiger partial charge in [-0.2, -0.15) is 0 Å². The molecule has 0 aromatic heterocycles. The Bertz CT molecular complexity index is 622. The smallest absolute Gasteiger partial charge is 0.335 e. The van der Waals surface area contributed by atoms with Crippen molar-refractivity contribution in [3.8, 4) is 16.9 Å². The second kappa shape index (κ2) is 5.69. The second-order valence-electron chi connectivity index (χ2n) is 4.14. The van der Waals surface area contributed by atoms with Gasteiger partial charge in [-0.25, -0.2) is 13.6 Å². The summed E-state index contributed by atoms with van der Waals surface area (Å²) in [5.41, 5.74) is 0.443. The number of carbonyl (C=O) groups is 1. The van der Waals surface area contributed by atoms with E-state index < -0.39 is 12.4 Å². The third kappa shape index (κ3) is 2.77. The van der Waals surface area contributed by atoms with Gasteiger partial charge in [0.05, 0.1) is 12.7 Å². The van der Waals surface area contributed by atoms with Gasteiger partial charge in [-0.15, -0.1) is 0 Å². The maximum atomic E-state index is 13.1. The van der Waals surface area contributed by atoms with Gasteiger partial charge in [-0.1, -0.05) is 18.2 Å². The summed E-state index contributed by atoms with van der Waals surface area (Å²) < 4.78 is 31.2. The molecule has 2 aromatic rings. The van der Waals surface area contributed by atoms with E-state index in [-0.39, 0.29) is 11.1 Å². The third-order valence-electron chi connectivity index (χ3n) is 2.93. The van der Waals surface area contributed by atoms with Gasteiger partial charge in [0.1, 0.15) is 5.75 Å². The van der Waals surface area contributed by atoms with Crippen LogP contribution in [0.5, 0.6) is 5.75 Å². The molecule has 0 bridgehead atoms. The molecule has 0 saturated heterocycles. The maximum Gasteiger partial charge on any atom is 0.335 e. The number of ether oxygens (including phenoxy) is 1. The molecule has 1 N–H and O–H groups in total. The molecule has 0 amide bonds. The number of hydrogen-bond acceptors (Lipinski definition) is 2. The minimum absolute atomic E-state index is 0.155. The van der Waals surface area contributed by atoms with E-state index in [0.717, 1.165) is 6.07 Å². The topological polar surface area (TPSA) is 46.5 Å². The van der Waals surface area contributed by atoms with Crippen molar-refractivity contribution in [3.63, 3.8) is 0 Å². The highest BCUT2D eigenvalue weighted by molar-refractivity contribution is 5.89. The van der Waals surface area contributed by atoms with Crippen molar-refractivity contribution in [2.24, 2.45) is 0 Å². The SMILES string of the molecule is COc1ccc(-c2ccc(C(=O)O)cc2C(F)F)cc1. The van der Waals surface area contributed by atoms with E-state index in [1.54, 1.807) is 24.3 Å². The van der Waals surface area contributed by atoms with Crippen molar-refractivity contribution in [2.75, 3.05) is 7.11 Å². The lowest BCUT2D eigenvalue weighted by atomic mass is 9.97. The van der Waals surface area contributed by atoms with Crippen LogP contribution in [0.2, 0.25) is 0 Å². The lowest BCUT2D eigenvalue weighted by Gasteiger charge is -2.11. The minimum atomic E-state index is -2.74. The Morgan fingerprint density at radius 2 is 1.80 bits per heavy atom. The molecule has 0 aliphatic heterocycles. The minimum Gasteiger partial charge on any atom is -0.497 e. The molecular weight excluding hydrogens is 266 g/mol. The number of carboxylic acids is 1. The summed E-state index contributed by atoms with van der Waals surface area (Å²) in [6.07, 6.45) is -2.74. The van der Waals surface area contributed by atoms with Crippen LogP contribution in [-0.2, 0) is 0 Å². The van der Waals surface area contributed by atoms with E-state index >= 15 is 0 Å². The van der Waals surface area contributed by atoms with Crippen LogP contribution in [0.1, 0.15) is 22.3 Å². The van der Waals surface area contributed by atoms with Crippen molar-refractivity contribution >= 4 is 5.97 Å². The zero-order chi connectivity index (χ0) is 14.7. The fraction of sp³-hybridized carbons (Fsp3) is 0.133. The first-order valence-corrected chi connectivity index (χ1v) is 5.82. The predicted molar refractivity (Wildman–Crippen MR) is 70.3 cm³/mol. The molecule has 20 heavy (non-hydrogen) atoms. The largest absolute Gasteiger partial charge is 0.497 e. The summed E-state index contributed by atoms with van der Waals surface area (Å²) in [5.74, 6) is -0.609. The van der Waals surface area contributed by atoms with Crippen molar-refractivity contribution in [2.45, 2.75) is 6.43 Å². The van der Waals surface area contributed by atoms with Gasteiger partial charge in [0.2, 0.25) is 0 Å².